The number of nitrogens with zero attached hydrogens (tertiary/aromatic N) is 4. The molecule has 1 unspecified atom stereocenters. The van der Waals surface area contributed by atoms with E-state index in [4.69, 9.17) is 5.26 Å². The molecule has 1 amide bonds. The molecule has 5 rings (SSSR count). The lowest BCUT2D eigenvalue weighted by Gasteiger charge is -2.59. The van der Waals surface area contributed by atoms with Crippen molar-refractivity contribution in [3.8, 4) is 6.07 Å². The highest BCUT2D eigenvalue weighted by Crippen LogP contribution is 2.61. The van der Waals surface area contributed by atoms with Gasteiger partial charge in [0.15, 0.2) is 0 Å². The van der Waals surface area contributed by atoms with Crippen molar-refractivity contribution >= 4 is 5.91 Å². The molecule has 0 aromatic carbocycles. The molecule has 1 aromatic rings. The third-order valence-electron chi connectivity index (χ3n) is 6.32. The maximum atomic E-state index is 12.3. The molecule has 6 heteroatoms. The molecule has 4 aliphatic rings. The Morgan fingerprint density at radius 3 is 2.52 bits per heavy atom. The fourth-order valence-electron chi connectivity index (χ4n) is 5.72. The summed E-state index contributed by atoms with van der Waals surface area (Å²) in [4.78, 5) is 16.2. The second kappa shape index (κ2) is 5.33. The van der Waals surface area contributed by atoms with E-state index in [1.165, 1.54) is 49.5 Å². The molecule has 1 N–H and O–H groups in total. The Balaban J connectivity index is 1.40. The summed E-state index contributed by atoms with van der Waals surface area (Å²) < 4.78 is 1.43. The van der Waals surface area contributed by atoms with Gasteiger partial charge >= 0.3 is 0 Å². The van der Waals surface area contributed by atoms with E-state index in [0.717, 1.165) is 17.8 Å². The maximum absolute atomic E-state index is 12.3. The largest absolute Gasteiger partial charge is 0.351 e. The van der Waals surface area contributed by atoms with Gasteiger partial charge in [-0.05, 0) is 68.6 Å². The molecule has 1 aromatic heterocycles. The first-order valence-electron chi connectivity index (χ1n) is 8.65. The van der Waals surface area contributed by atoms with Crippen LogP contribution in [0.2, 0.25) is 0 Å². The van der Waals surface area contributed by atoms with Gasteiger partial charge in [0.1, 0.15) is 18.9 Å². The summed E-state index contributed by atoms with van der Waals surface area (Å²) in [6.45, 7) is 2.30. The predicted molar refractivity (Wildman–Crippen MR) is 82.9 cm³/mol. The molecule has 23 heavy (non-hydrogen) atoms. The molecule has 0 spiro atoms. The number of carbonyl (C=O) groups is 1. The molecule has 0 saturated heterocycles. The smallest absolute Gasteiger partial charge is 0.252 e. The molecule has 1 heterocycles. The fourth-order valence-corrected chi connectivity index (χ4v) is 5.72. The first-order valence-corrected chi connectivity index (χ1v) is 8.65. The fraction of sp³-hybridized carbons (Fsp3) is 0.765. The maximum Gasteiger partial charge on any atom is 0.252 e. The number of carbonyl (C=O) groups excluding carboxylic acids is 1. The summed E-state index contributed by atoms with van der Waals surface area (Å²) in [6.07, 6.45) is 9.52. The molecule has 122 valence electrons. The highest BCUT2D eigenvalue weighted by atomic mass is 16.2. The highest BCUT2D eigenvalue weighted by molar-refractivity contribution is 5.76. The van der Waals surface area contributed by atoms with E-state index in [1.54, 1.807) is 0 Å². The van der Waals surface area contributed by atoms with Crippen LogP contribution in [-0.4, -0.2) is 26.7 Å². The van der Waals surface area contributed by atoms with Crippen molar-refractivity contribution < 1.29 is 4.79 Å². The van der Waals surface area contributed by atoms with Gasteiger partial charge in [-0.3, -0.25) is 4.79 Å². The molecular weight excluding hydrogens is 290 g/mol. The van der Waals surface area contributed by atoms with E-state index in [9.17, 15) is 4.79 Å². The van der Waals surface area contributed by atoms with Crippen LogP contribution in [0.3, 0.4) is 0 Å². The van der Waals surface area contributed by atoms with E-state index in [-0.39, 0.29) is 24.3 Å². The third kappa shape index (κ3) is 2.62. The Morgan fingerprint density at radius 2 is 2.00 bits per heavy atom. The minimum Gasteiger partial charge on any atom is -0.351 e. The summed E-state index contributed by atoms with van der Waals surface area (Å²) in [5, 5.41) is 15.9. The zero-order valence-corrected chi connectivity index (χ0v) is 13.5. The van der Waals surface area contributed by atoms with Gasteiger partial charge in [0.25, 0.3) is 5.82 Å². The Labute approximate surface area is 136 Å². The summed E-state index contributed by atoms with van der Waals surface area (Å²) in [5.41, 5.74) is 0.310. The van der Waals surface area contributed by atoms with E-state index in [0.29, 0.717) is 5.41 Å². The summed E-state index contributed by atoms with van der Waals surface area (Å²) >= 11 is 0. The van der Waals surface area contributed by atoms with Crippen LogP contribution in [-0.2, 0) is 11.3 Å². The number of aromatic nitrogens is 3. The number of amides is 1. The SMILES string of the molecule is CC(NC(=O)Cn1cnc(C#N)n1)C12CC3CC(CC(C3)C1)C2. The van der Waals surface area contributed by atoms with Crippen molar-refractivity contribution in [2.24, 2.45) is 23.2 Å². The Kier molecular flexibility index (Phi) is 3.40. The van der Waals surface area contributed by atoms with E-state index < -0.39 is 0 Å². The van der Waals surface area contributed by atoms with Crippen LogP contribution in [0.5, 0.6) is 0 Å². The standard InChI is InChI=1S/C17H23N5O/c1-11(20-16(23)9-22-10-19-15(8-18)21-22)17-5-12-2-13(6-17)4-14(3-12)7-17/h10-14H,2-7,9H2,1H3,(H,20,23). The lowest BCUT2D eigenvalue weighted by Crippen LogP contribution is -2.56. The first-order chi connectivity index (χ1) is 11.1. The van der Waals surface area contributed by atoms with Gasteiger partial charge in [-0.1, -0.05) is 0 Å². The topological polar surface area (TPSA) is 83.6 Å². The number of hydrogen-bond donors (Lipinski definition) is 1. The lowest BCUT2D eigenvalue weighted by molar-refractivity contribution is -0.126. The number of rotatable bonds is 4. The van der Waals surface area contributed by atoms with Gasteiger partial charge in [-0.25, -0.2) is 9.67 Å². The Hall–Kier alpha value is -1.90. The van der Waals surface area contributed by atoms with Crippen LogP contribution < -0.4 is 5.32 Å². The first kappa shape index (κ1) is 14.7. The van der Waals surface area contributed by atoms with Gasteiger partial charge in [-0.15, -0.1) is 5.10 Å². The normalized spacial score (nSPS) is 35.7. The predicted octanol–water partition coefficient (Wildman–Crippen LogP) is 1.87. The van der Waals surface area contributed by atoms with E-state index in [1.807, 2.05) is 6.07 Å². The van der Waals surface area contributed by atoms with E-state index in [2.05, 4.69) is 22.3 Å². The molecule has 1 atom stereocenters. The lowest BCUT2D eigenvalue weighted by atomic mass is 9.48. The Morgan fingerprint density at radius 1 is 1.39 bits per heavy atom. The van der Waals surface area contributed by atoms with Gasteiger partial charge in [0, 0.05) is 6.04 Å². The van der Waals surface area contributed by atoms with Crippen molar-refractivity contribution in [3.63, 3.8) is 0 Å². The molecular formula is C17H23N5O. The van der Waals surface area contributed by atoms with Crippen molar-refractivity contribution in [2.45, 2.75) is 58.0 Å². The van der Waals surface area contributed by atoms with Crippen molar-refractivity contribution in [1.82, 2.24) is 20.1 Å². The molecule has 4 fully saturated rings. The van der Waals surface area contributed by atoms with Gasteiger partial charge < -0.3 is 5.32 Å². The minimum atomic E-state index is -0.0392. The third-order valence-corrected chi connectivity index (χ3v) is 6.32. The summed E-state index contributed by atoms with van der Waals surface area (Å²) in [7, 11) is 0. The van der Waals surface area contributed by atoms with Crippen LogP contribution in [0.4, 0.5) is 0 Å². The highest BCUT2D eigenvalue weighted by Gasteiger charge is 2.53. The summed E-state index contributed by atoms with van der Waals surface area (Å²) in [6, 6.07) is 2.09. The Bertz CT molecular complexity index is 623. The van der Waals surface area contributed by atoms with Crippen LogP contribution >= 0.6 is 0 Å². The molecule has 4 bridgehead atoms. The molecule has 4 aliphatic carbocycles. The second-order valence-electron chi connectivity index (χ2n) is 7.95. The average molecular weight is 313 g/mol. The molecule has 0 aliphatic heterocycles. The zero-order valence-electron chi connectivity index (χ0n) is 13.5. The van der Waals surface area contributed by atoms with Gasteiger partial charge in [0.05, 0.1) is 0 Å². The summed E-state index contributed by atoms with van der Waals surface area (Å²) in [5.74, 6) is 2.71. The van der Waals surface area contributed by atoms with Crippen LogP contribution in [0.15, 0.2) is 6.33 Å². The van der Waals surface area contributed by atoms with E-state index >= 15 is 0 Å². The quantitative estimate of drug-likeness (QED) is 0.919. The molecule has 0 radical (unpaired) electrons. The van der Waals surface area contributed by atoms with Crippen LogP contribution in [0.1, 0.15) is 51.3 Å². The van der Waals surface area contributed by atoms with Crippen molar-refractivity contribution in [2.75, 3.05) is 0 Å². The molecule has 4 saturated carbocycles. The number of hydrogen-bond acceptors (Lipinski definition) is 4. The monoisotopic (exact) mass is 313 g/mol. The van der Waals surface area contributed by atoms with Crippen molar-refractivity contribution in [3.05, 3.63) is 12.2 Å². The van der Waals surface area contributed by atoms with Gasteiger partial charge in [0.2, 0.25) is 5.91 Å². The molecule has 6 nitrogen and oxygen atoms in total. The van der Waals surface area contributed by atoms with Crippen LogP contribution in [0, 0.1) is 34.5 Å². The average Bonchev–Trinajstić information content (AvgIpc) is 2.93. The number of nitrogens with one attached hydrogen (secondary N) is 1. The zero-order chi connectivity index (χ0) is 16.0. The number of nitriles is 1. The van der Waals surface area contributed by atoms with Crippen LogP contribution in [0.25, 0.3) is 0 Å². The van der Waals surface area contributed by atoms with Gasteiger partial charge in [-0.2, -0.15) is 5.26 Å². The van der Waals surface area contributed by atoms with Crippen molar-refractivity contribution in [1.29, 1.82) is 5.26 Å². The second-order valence-corrected chi connectivity index (χ2v) is 7.95. The minimum absolute atomic E-state index is 0.0392.